The highest BCUT2D eigenvalue weighted by atomic mass is 19.1. The number of piperidine rings is 1. The van der Waals surface area contributed by atoms with E-state index in [0.717, 1.165) is 44.6 Å². The Morgan fingerprint density at radius 2 is 1.96 bits per heavy atom. The molecule has 0 aliphatic carbocycles. The first-order valence-corrected chi connectivity index (χ1v) is 9.16. The molecule has 0 amide bonds. The van der Waals surface area contributed by atoms with Gasteiger partial charge in [-0.15, -0.1) is 0 Å². The van der Waals surface area contributed by atoms with E-state index in [1.54, 1.807) is 0 Å². The van der Waals surface area contributed by atoms with Crippen LogP contribution in [0.1, 0.15) is 30.4 Å². The molecular weight excluding hydrogens is 317 g/mol. The van der Waals surface area contributed by atoms with Crippen LogP contribution >= 0.6 is 0 Å². The first-order chi connectivity index (χ1) is 12.1. The second-order valence-corrected chi connectivity index (χ2v) is 7.77. The van der Waals surface area contributed by atoms with Crippen LogP contribution < -0.4 is 0 Å². The molecule has 4 nitrogen and oxygen atoms in total. The summed E-state index contributed by atoms with van der Waals surface area (Å²) in [6, 6.07) is 6.83. The summed E-state index contributed by atoms with van der Waals surface area (Å²) >= 11 is 0. The van der Waals surface area contributed by atoms with Crippen molar-refractivity contribution in [3.63, 3.8) is 0 Å². The van der Waals surface area contributed by atoms with Crippen molar-refractivity contribution in [3.05, 3.63) is 53.6 Å². The fraction of sp³-hybridized carbons (Fsp3) is 0.550. The molecule has 1 spiro atoms. The molecule has 0 radical (unpaired) electrons. The Kier molecular flexibility index (Phi) is 4.61. The average Bonchev–Trinajstić information content (AvgIpc) is 3.19. The van der Waals surface area contributed by atoms with E-state index < -0.39 is 0 Å². The fourth-order valence-corrected chi connectivity index (χ4v) is 4.26. The predicted octanol–water partition coefficient (Wildman–Crippen LogP) is 3.17. The molecule has 1 atom stereocenters. The topological polar surface area (TPSA) is 30.3 Å². The van der Waals surface area contributed by atoms with Crippen LogP contribution in [-0.2, 0) is 24.8 Å². The van der Waals surface area contributed by atoms with E-state index in [1.807, 2.05) is 30.1 Å². The van der Waals surface area contributed by atoms with Gasteiger partial charge < -0.3 is 4.74 Å². The van der Waals surface area contributed by atoms with Gasteiger partial charge in [0, 0.05) is 25.4 Å². The number of halogens is 1. The third-order valence-corrected chi connectivity index (χ3v) is 5.74. The quantitative estimate of drug-likeness (QED) is 0.854. The van der Waals surface area contributed by atoms with Gasteiger partial charge in [-0.25, -0.2) is 4.39 Å². The molecule has 1 aromatic carbocycles. The summed E-state index contributed by atoms with van der Waals surface area (Å²) in [5.41, 5.74) is 2.80. The van der Waals surface area contributed by atoms with Gasteiger partial charge in [0.25, 0.3) is 0 Å². The van der Waals surface area contributed by atoms with Crippen molar-refractivity contribution in [3.8, 4) is 0 Å². The number of hydrogen-bond donors (Lipinski definition) is 0. The summed E-state index contributed by atoms with van der Waals surface area (Å²) in [6.45, 7) is 4.12. The van der Waals surface area contributed by atoms with Crippen LogP contribution in [0, 0.1) is 11.2 Å². The Bertz CT molecular complexity index is 704. The van der Waals surface area contributed by atoms with Crippen molar-refractivity contribution >= 4 is 0 Å². The maximum atomic E-state index is 13.0. The van der Waals surface area contributed by atoms with Crippen LogP contribution in [0.15, 0.2) is 36.7 Å². The van der Waals surface area contributed by atoms with Gasteiger partial charge in [0.1, 0.15) is 5.82 Å². The maximum Gasteiger partial charge on any atom is 0.123 e. The standard InChI is InChI=1S/C20H26FN3O/c1-23-13-17(12-22-23)14-24-8-6-20(7-9-24)11-19(25-15-20)10-16-2-4-18(21)5-3-16/h2-5,12-13,19H,6-11,14-15H2,1H3/t19-/m1/s1. The summed E-state index contributed by atoms with van der Waals surface area (Å²) in [5.74, 6) is -0.173. The molecule has 2 fully saturated rings. The zero-order chi connectivity index (χ0) is 17.3. The second kappa shape index (κ2) is 6.89. The van der Waals surface area contributed by atoms with Crippen molar-refractivity contribution in [2.45, 2.75) is 38.3 Å². The van der Waals surface area contributed by atoms with Crippen LogP contribution in [0.2, 0.25) is 0 Å². The number of rotatable bonds is 4. The third kappa shape index (κ3) is 3.93. The van der Waals surface area contributed by atoms with Crippen molar-refractivity contribution in [1.29, 1.82) is 0 Å². The molecule has 0 unspecified atom stereocenters. The van der Waals surface area contributed by atoms with Crippen molar-refractivity contribution < 1.29 is 9.13 Å². The molecule has 2 aliphatic rings. The van der Waals surface area contributed by atoms with E-state index >= 15 is 0 Å². The summed E-state index contributed by atoms with van der Waals surface area (Å²) in [7, 11) is 1.96. The van der Waals surface area contributed by atoms with E-state index in [-0.39, 0.29) is 11.9 Å². The minimum Gasteiger partial charge on any atom is -0.377 e. The Morgan fingerprint density at radius 3 is 2.64 bits per heavy atom. The van der Waals surface area contributed by atoms with Crippen LogP contribution in [0.4, 0.5) is 4.39 Å². The Hall–Kier alpha value is -1.72. The molecule has 3 heterocycles. The highest BCUT2D eigenvalue weighted by Crippen LogP contribution is 2.42. The monoisotopic (exact) mass is 343 g/mol. The lowest BCUT2D eigenvalue weighted by Crippen LogP contribution is -2.40. The lowest BCUT2D eigenvalue weighted by Gasteiger charge is -2.38. The fourth-order valence-electron chi connectivity index (χ4n) is 4.26. The van der Waals surface area contributed by atoms with Gasteiger partial charge in [-0.3, -0.25) is 9.58 Å². The number of hydrogen-bond acceptors (Lipinski definition) is 3. The zero-order valence-corrected chi connectivity index (χ0v) is 14.8. The van der Waals surface area contributed by atoms with E-state index in [0.29, 0.717) is 5.41 Å². The third-order valence-electron chi connectivity index (χ3n) is 5.74. The molecule has 5 heteroatoms. The molecule has 2 aliphatic heterocycles. The normalized spacial score (nSPS) is 23.4. The molecule has 0 bridgehead atoms. The summed E-state index contributed by atoms with van der Waals surface area (Å²) in [5, 5.41) is 4.25. The molecule has 25 heavy (non-hydrogen) atoms. The molecule has 1 aromatic heterocycles. The summed E-state index contributed by atoms with van der Waals surface area (Å²) in [4.78, 5) is 2.52. The minimum atomic E-state index is -0.173. The number of ether oxygens (including phenoxy) is 1. The summed E-state index contributed by atoms with van der Waals surface area (Å²) < 4.78 is 21.0. The van der Waals surface area contributed by atoms with Crippen LogP contribution in [0.5, 0.6) is 0 Å². The number of aryl methyl sites for hydroxylation is 1. The van der Waals surface area contributed by atoms with Gasteiger partial charge in [-0.1, -0.05) is 12.1 Å². The Balaban J connectivity index is 1.29. The van der Waals surface area contributed by atoms with Crippen LogP contribution in [-0.4, -0.2) is 40.5 Å². The molecular formula is C20H26FN3O. The minimum absolute atomic E-state index is 0.173. The largest absolute Gasteiger partial charge is 0.377 e. The number of nitrogens with zero attached hydrogens (tertiary/aromatic N) is 3. The second-order valence-electron chi connectivity index (χ2n) is 7.77. The molecule has 2 aromatic rings. The lowest BCUT2D eigenvalue weighted by atomic mass is 9.76. The highest BCUT2D eigenvalue weighted by molar-refractivity contribution is 5.17. The average molecular weight is 343 g/mol. The van der Waals surface area contributed by atoms with Gasteiger partial charge in [-0.2, -0.15) is 5.10 Å². The van der Waals surface area contributed by atoms with Gasteiger partial charge in [0.15, 0.2) is 0 Å². The van der Waals surface area contributed by atoms with Gasteiger partial charge in [-0.05, 0) is 61.9 Å². The van der Waals surface area contributed by atoms with Crippen molar-refractivity contribution in [2.75, 3.05) is 19.7 Å². The Morgan fingerprint density at radius 1 is 1.20 bits per heavy atom. The Labute approximate surface area is 148 Å². The molecule has 4 rings (SSSR count). The smallest absolute Gasteiger partial charge is 0.123 e. The van der Waals surface area contributed by atoms with Gasteiger partial charge in [0.2, 0.25) is 0 Å². The first kappa shape index (κ1) is 16.7. The first-order valence-electron chi connectivity index (χ1n) is 9.16. The molecule has 2 saturated heterocycles. The van der Waals surface area contributed by atoms with E-state index in [4.69, 9.17) is 4.74 Å². The van der Waals surface area contributed by atoms with Crippen molar-refractivity contribution in [2.24, 2.45) is 12.5 Å². The van der Waals surface area contributed by atoms with E-state index in [9.17, 15) is 4.39 Å². The maximum absolute atomic E-state index is 13.0. The predicted molar refractivity (Wildman–Crippen MR) is 94.6 cm³/mol. The van der Waals surface area contributed by atoms with Crippen LogP contribution in [0.3, 0.4) is 0 Å². The van der Waals surface area contributed by atoms with Crippen LogP contribution in [0.25, 0.3) is 0 Å². The highest BCUT2D eigenvalue weighted by Gasteiger charge is 2.42. The molecule has 0 saturated carbocycles. The van der Waals surface area contributed by atoms with E-state index in [2.05, 4.69) is 16.2 Å². The molecule has 0 N–H and O–H groups in total. The van der Waals surface area contributed by atoms with E-state index in [1.165, 1.54) is 30.5 Å². The number of likely N-dealkylation sites (tertiary alicyclic amines) is 1. The summed E-state index contributed by atoms with van der Waals surface area (Å²) in [6.07, 6.45) is 8.76. The number of benzene rings is 1. The SMILES string of the molecule is Cn1cc(CN2CCC3(CC2)CO[C@H](Cc2ccc(F)cc2)C3)cn1. The zero-order valence-electron chi connectivity index (χ0n) is 14.8. The number of aromatic nitrogens is 2. The van der Waals surface area contributed by atoms with Crippen molar-refractivity contribution in [1.82, 2.24) is 14.7 Å². The molecule has 134 valence electrons. The van der Waals surface area contributed by atoms with Gasteiger partial charge in [0.05, 0.1) is 18.9 Å². The lowest BCUT2D eigenvalue weighted by molar-refractivity contribution is 0.0631. The van der Waals surface area contributed by atoms with Gasteiger partial charge >= 0.3 is 0 Å².